The quantitative estimate of drug-likeness (QED) is 0.0564. The van der Waals surface area contributed by atoms with Crippen LogP contribution in [0.15, 0.2) is 66.9 Å². The molecule has 1 aliphatic rings. The first-order chi connectivity index (χ1) is 33.2. The Morgan fingerprint density at radius 2 is 1.46 bits per heavy atom. The standard InChI is InChI=1S/C49H66F2N6O12S/c1-48(2,3)44(45-53-39(36-30-35(50)12-13-37(36)51)32-55(45)31-34-10-8-7-9-11-34)57(19-16-38(46(62)63)54-47(64)69-49(4,5)6)43(61)33-70-29-28-68-27-26-67-25-24-66-23-22-65-21-17-40(58)52-18-20-56-41(59)14-15-42(56)60/h7-15,30,32,38,44H,16-29,31,33H2,1-6H3,(H,52,58)(H,54,64)(H,62,63)/t38-,44-/m0/s1. The number of carboxylic acids is 1. The van der Waals surface area contributed by atoms with Crippen molar-refractivity contribution in [3.63, 3.8) is 0 Å². The molecule has 1 aliphatic heterocycles. The second kappa shape index (κ2) is 28.2. The minimum atomic E-state index is -1.42. The van der Waals surface area contributed by atoms with Gasteiger partial charge in [-0.1, -0.05) is 51.1 Å². The third-order valence-electron chi connectivity index (χ3n) is 10.3. The number of alkyl carbamates (subject to hydrolysis) is 1. The lowest BCUT2D eigenvalue weighted by Gasteiger charge is -2.40. The molecule has 3 N–H and O–H groups in total. The van der Waals surface area contributed by atoms with Gasteiger partial charge in [0.05, 0.1) is 70.3 Å². The van der Waals surface area contributed by atoms with Gasteiger partial charge in [0.1, 0.15) is 29.1 Å². The molecule has 4 rings (SSSR count). The van der Waals surface area contributed by atoms with E-state index < -0.39 is 58.6 Å². The number of nitrogens with one attached hydrogen (secondary N) is 2. The number of aliphatic carboxylic acids is 1. The zero-order valence-corrected chi connectivity index (χ0v) is 41.5. The lowest BCUT2D eigenvalue weighted by Crippen LogP contribution is -2.48. The van der Waals surface area contributed by atoms with E-state index in [0.29, 0.717) is 51.2 Å². The minimum Gasteiger partial charge on any atom is -0.480 e. The van der Waals surface area contributed by atoms with E-state index in [1.807, 2.05) is 51.1 Å². The number of nitrogens with zero attached hydrogens (tertiary/aromatic N) is 4. The molecule has 2 atom stereocenters. The molecule has 1 aromatic heterocycles. The lowest BCUT2D eigenvalue weighted by atomic mass is 9.84. The normalized spacial score (nSPS) is 13.6. The Bertz CT molecular complexity index is 2220. The van der Waals surface area contributed by atoms with Gasteiger partial charge in [0.2, 0.25) is 11.8 Å². The fraction of sp³-hybridized carbons (Fsp3) is 0.531. The van der Waals surface area contributed by atoms with Crippen molar-refractivity contribution in [2.75, 3.05) is 84.0 Å². The highest BCUT2D eigenvalue weighted by Crippen LogP contribution is 2.40. The number of hydrogen-bond donors (Lipinski definition) is 3. The number of rotatable bonds is 30. The molecule has 0 radical (unpaired) electrons. The van der Waals surface area contributed by atoms with E-state index >= 15 is 4.39 Å². The van der Waals surface area contributed by atoms with Crippen LogP contribution in [0.3, 0.4) is 0 Å². The van der Waals surface area contributed by atoms with Gasteiger partial charge in [0, 0.05) is 62.3 Å². The van der Waals surface area contributed by atoms with Crippen LogP contribution in [-0.2, 0) is 54.2 Å². The molecule has 0 fully saturated rings. The van der Waals surface area contributed by atoms with Gasteiger partial charge in [0.25, 0.3) is 11.8 Å². The van der Waals surface area contributed by atoms with Crippen LogP contribution >= 0.6 is 11.8 Å². The van der Waals surface area contributed by atoms with Crippen molar-refractivity contribution in [3.05, 3.63) is 89.9 Å². The summed E-state index contributed by atoms with van der Waals surface area (Å²) in [6.07, 6.45) is 2.99. The molecule has 0 saturated carbocycles. The fourth-order valence-corrected chi connectivity index (χ4v) is 7.80. The van der Waals surface area contributed by atoms with Gasteiger partial charge in [0.15, 0.2) is 0 Å². The fourth-order valence-electron chi connectivity index (χ4n) is 7.08. The van der Waals surface area contributed by atoms with Gasteiger partial charge in [-0.05, 0) is 56.4 Å². The number of amides is 5. The number of carboxylic acid groups (broad SMARTS) is 1. The van der Waals surface area contributed by atoms with Crippen molar-refractivity contribution < 1.29 is 66.3 Å². The Balaban J connectivity index is 1.30. The Morgan fingerprint density at radius 1 is 0.843 bits per heavy atom. The number of imide groups is 1. The monoisotopic (exact) mass is 1000 g/mol. The Morgan fingerprint density at radius 3 is 2.06 bits per heavy atom. The average molecular weight is 1000 g/mol. The highest BCUT2D eigenvalue weighted by molar-refractivity contribution is 7.99. The van der Waals surface area contributed by atoms with Crippen molar-refractivity contribution in [2.45, 2.75) is 78.6 Å². The lowest BCUT2D eigenvalue weighted by molar-refractivity contribution is -0.141. The number of carbonyl (C=O) groups is 6. The van der Waals surface area contributed by atoms with Crippen molar-refractivity contribution >= 4 is 47.5 Å². The van der Waals surface area contributed by atoms with Crippen LogP contribution in [0.2, 0.25) is 0 Å². The molecule has 0 aliphatic carbocycles. The summed E-state index contributed by atoms with van der Waals surface area (Å²) in [6.45, 7) is 13.3. The first kappa shape index (κ1) is 56.8. The maximum Gasteiger partial charge on any atom is 0.408 e. The van der Waals surface area contributed by atoms with Crippen LogP contribution in [0.4, 0.5) is 13.6 Å². The molecule has 0 spiro atoms. The number of halogens is 2. The van der Waals surface area contributed by atoms with Gasteiger partial charge in [-0.25, -0.2) is 23.4 Å². The summed E-state index contributed by atoms with van der Waals surface area (Å²) in [5, 5.41) is 15.2. The number of thioether (sulfide) groups is 1. The molecule has 3 aromatic rings. The first-order valence-electron chi connectivity index (χ1n) is 23.0. The second-order valence-corrected chi connectivity index (χ2v) is 19.3. The zero-order chi connectivity index (χ0) is 51.3. The molecular formula is C49H66F2N6O12S. The smallest absolute Gasteiger partial charge is 0.408 e. The van der Waals surface area contributed by atoms with Crippen LogP contribution in [0.5, 0.6) is 0 Å². The van der Waals surface area contributed by atoms with E-state index in [9.17, 15) is 38.3 Å². The van der Waals surface area contributed by atoms with E-state index in [-0.39, 0.29) is 81.1 Å². The van der Waals surface area contributed by atoms with E-state index in [4.69, 9.17) is 28.7 Å². The van der Waals surface area contributed by atoms with Gasteiger partial charge in [-0.2, -0.15) is 0 Å². The molecule has 5 amide bonds. The third-order valence-corrected chi connectivity index (χ3v) is 11.2. The Hall–Kier alpha value is -5.74. The summed E-state index contributed by atoms with van der Waals surface area (Å²) in [5.74, 6) is -3.30. The molecule has 2 heterocycles. The summed E-state index contributed by atoms with van der Waals surface area (Å²) in [7, 11) is 0. The Kier molecular flexibility index (Phi) is 22.9. The predicted molar refractivity (Wildman–Crippen MR) is 257 cm³/mol. The molecule has 2 aromatic carbocycles. The molecule has 70 heavy (non-hydrogen) atoms. The molecule has 21 heteroatoms. The van der Waals surface area contributed by atoms with Gasteiger partial charge >= 0.3 is 12.1 Å². The molecule has 384 valence electrons. The van der Waals surface area contributed by atoms with Crippen molar-refractivity contribution in [2.24, 2.45) is 5.41 Å². The molecule has 0 unspecified atom stereocenters. The van der Waals surface area contributed by atoms with Crippen molar-refractivity contribution in [1.82, 2.24) is 30.0 Å². The van der Waals surface area contributed by atoms with Gasteiger partial charge in [-0.15, -0.1) is 11.8 Å². The van der Waals surface area contributed by atoms with Gasteiger partial charge < -0.3 is 48.9 Å². The molecule has 0 bridgehead atoms. The van der Waals surface area contributed by atoms with Crippen LogP contribution in [-0.4, -0.2) is 156 Å². The summed E-state index contributed by atoms with van der Waals surface area (Å²) >= 11 is 1.31. The largest absolute Gasteiger partial charge is 0.480 e. The topological polar surface area (TPSA) is 217 Å². The SMILES string of the molecule is CC(C)(C)OC(=O)N[C@@H](CCN(C(=O)CSCCOCCOCCOCCOCCC(=O)NCCN1C(=O)C=CC1=O)[C@@H](c1nc(-c2cc(F)ccc2F)cn1Cc1ccccc1)C(C)(C)C)C(=O)O. The highest BCUT2D eigenvalue weighted by atomic mass is 32.2. The number of carbonyl (C=O) groups excluding carboxylic acids is 5. The zero-order valence-electron chi connectivity index (χ0n) is 40.7. The van der Waals surface area contributed by atoms with Crippen LogP contribution in [0.1, 0.15) is 71.8 Å². The minimum absolute atomic E-state index is 0.0218. The summed E-state index contributed by atoms with van der Waals surface area (Å²) in [6, 6.07) is 10.3. The molecule has 18 nitrogen and oxygen atoms in total. The third kappa shape index (κ3) is 19.6. The predicted octanol–water partition coefficient (Wildman–Crippen LogP) is 5.39. The van der Waals surface area contributed by atoms with E-state index in [1.165, 1.54) is 23.9 Å². The van der Waals surface area contributed by atoms with Crippen molar-refractivity contribution in [3.8, 4) is 11.3 Å². The van der Waals surface area contributed by atoms with Crippen LogP contribution < -0.4 is 10.6 Å². The van der Waals surface area contributed by atoms with E-state index in [0.717, 1.165) is 28.7 Å². The second-order valence-electron chi connectivity index (χ2n) is 18.2. The van der Waals surface area contributed by atoms with Crippen molar-refractivity contribution in [1.29, 1.82) is 0 Å². The number of ether oxygens (including phenoxy) is 5. The maximum atomic E-state index is 15.3. The Labute approximate surface area is 411 Å². The maximum absolute atomic E-state index is 15.3. The summed E-state index contributed by atoms with van der Waals surface area (Å²) in [5.41, 5.74) is -0.682. The highest BCUT2D eigenvalue weighted by Gasteiger charge is 2.39. The summed E-state index contributed by atoms with van der Waals surface area (Å²) < 4.78 is 59.1. The van der Waals surface area contributed by atoms with Crippen LogP contribution in [0.25, 0.3) is 11.3 Å². The molecule has 0 saturated heterocycles. The van der Waals surface area contributed by atoms with Gasteiger partial charge in [-0.3, -0.25) is 24.1 Å². The number of hydrogen-bond acceptors (Lipinski definition) is 13. The summed E-state index contributed by atoms with van der Waals surface area (Å²) in [4.78, 5) is 82.2. The van der Waals surface area contributed by atoms with E-state index in [1.54, 1.807) is 36.4 Å². The number of imidazole rings is 1. The first-order valence-corrected chi connectivity index (χ1v) is 24.2. The number of aromatic nitrogens is 2. The average Bonchev–Trinajstić information content (AvgIpc) is 3.84. The van der Waals surface area contributed by atoms with Crippen LogP contribution in [0, 0.1) is 17.0 Å². The number of benzene rings is 2. The molecular weight excluding hydrogens is 935 g/mol. The van der Waals surface area contributed by atoms with E-state index in [2.05, 4.69) is 10.6 Å².